The van der Waals surface area contributed by atoms with E-state index in [2.05, 4.69) is 6.58 Å². The highest BCUT2D eigenvalue weighted by atomic mass is 16.6. The van der Waals surface area contributed by atoms with E-state index in [1.807, 2.05) is 6.92 Å². The molecule has 4 fully saturated rings. The van der Waals surface area contributed by atoms with Crippen molar-refractivity contribution in [2.45, 2.75) is 91.3 Å². The third kappa shape index (κ3) is 3.41. The van der Waals surface area contributed by atoms with E-state index < -0.39 is 76.5 Å². The topological polar surface area (TPSA) is 136 Å². The standard InChI is InChI=1S/C26H36O9/c1-11-15-8-16(33-12(2)27)20-25(7)18(34-13(3)28)9-17(30)24(5,6)21(25)19(31)23(35-14(4)29)26(20,10-15)22(11)32/h15-21,23,30-31H,1,8-10H2,2-7H3/t15?,16-,17-,18?,19?,20-,21+,23-,25?,26-/m0/s1. The van der Waals surface area contributed by atoms with Crippen LogP contribution in [0.4, 0.5) is 0 Å². The third-order valence-corrected chi connectivity index (χ3v) is 9.44. The molecule has 9 nitrogen and oxygen atoms in total. The molecule has 1 spiro atoms. The smallest absolute Gasteiger partial charge is 0.303 e. The predicted octanol–water partition coefficient (Wildman–Crippen LogP) is 1.72. The number of ketones is 1. The highest BCUT2D eigenvalue weighted by Crippen LogP contribution is 2.72. The van der Waals surface area contributed by atoms with Crippen LogP contribution in [0.25, 0.3) is 0 Å². The van der Waals surface area contributed by atoms with Crippen molar-refractivity contribution in [1.29, 1.82) is 0 Å². The van der Waals surface area contributed by atoms with Gasteiger partial charge in [-0.2, -0.15) is 0 Å². The van der Waals surface area contributed by atoms with E-state index in [1.165, 1.54) is 20.8 Å². The second-order valence-corrected chi connectivity index (χ2v) is 11.7. The van der Waals surface area contributed by atoms with Gasteiger partial charge in [0.05, 0.1) is 17.6 Å². The van der Waals surface area contributed by atoms with Crippen molar-refractivity contribution in [3.8, 4) is 0 Å². The van der Waals surface area contributed by atoms with Gasteiger partial charge >= 0.3 is 17.9 Å². The van der Waals surface area contributed by atoms with Crippen molar-refractivity contribution in [2.24, 2.45) is 34.0 Å². The largest absolute Gasteiger partial charge is 0.462 e. The zero-order valence-corrected chi connectivity index (χ0v) is 21.2. The lowest BCUT2D eigenvalue weighted by atomic mass is 9.37. The van der Waals surface area contributed by atoms with Gasteiger partial charge in [0, 0.05) is 44.4 Å². The number of rotatable bonds is 3. The van der Waals surface area contributed by atoms with Crippen molar-refractivity contribution in [3.63, 3.8) is 0 Å². The summed E-state index contributed by atoms with van der Waals surface area (Å²) in [6.07, 6.45) is -4.48. The van der Waals surface area contributed by atoms with Crippen LogP contribution < -0.4 is 0 Å². The summed E-state index contributed by atoms with van der Waals surface area (Å²) in [6, 6.07) is 0. The molecule has 0 aromatic heterocycles. The number of carbonyl (C=O) groups is 4. The Kier molecular flexibility index (Phi) is 6.00. The molecule has 35 heavy (non-hydrogen) atoms. The van der Waals surface area contributed by atoms with Gasteiger partial charge in [0.1, 0.15) is 18.3 Å². The maximum atomic E-state index is 14.0. The molecule has 10 atom stereocenters. The van der Waals surface area contributed by atoms with E-state index in [-0.39, 0.29) is 24.5 Å². The van der Waals surface area contributed by atoms with Crippen LogP contribution in [-0.4, -0.2) is 64.4 Å². The Bertz CT molecular complexity index is 985. The van der Waals surface area contributed by atoms with Crippen LogP contribution in [0.15, 0.2) is 12.2 Å². The molecule has 0 radical (unpaired) electrons. The Labute approximate surface area is 205 Å². The summed E-state index contributed by atoms with van der Waals surface area (Å²) in [6.45, 7) is 13.2. The zero-order chi connectivity index (χ0) is 26.2. The lowest BCUT2D eigenvalue weighted by molar-refractivity contribution is -0.307. The van der Waals surface area contributed by atoms with E-state index in [1.54, 1.807) is 13.8 Å². The predicted molar refractivity (Wildman–Crippen MR) is 121 cm³/mol. The van der Waals surface area contributed by atoms with Crippen LogP contribution in [0.5, 0.6) is 0 Å². The fourth-order valence-corrected chi connectivity index (χ4v) is 8.44. The van der Waals surface area contributed by atoms with Crippen molar-refractivity contribution in [2.75, 3.05) is 0 Å². The lowest BCUT2D eigenvalue weighted by Crippen LogP contribution is -2.76. The Morgan fingerprint density at radius 1 is 0.914 bits per heavy atom. The number of hydrogen-bond acceptors (Lipinski definition) is 9. The molecule has 0 aromatic carbocycles. The fraction of sp³-hybridized carbons (Fsp3) is 0.769. The van der Waals surface area contributed by atoms with Crippen LogP contribution in [0.1, 0.15) is 60.8 Å². The number of aliphatic hydroxyl groups excluding tert-OH is 2. The summed E-state index contributed by atoms with van der Waals surface area (Å²) in [5, 5.41) is 23.0. The van der Waals surface area contributed by atoms with Gasteiger partial charge in [-0.05, 0) is 29.7 Å². The Morgan fingerprint density at radius 2 is 1.49 bits per heavy atom. The van der Waals surface area contributed by atoms with Crippen molar-refractivity contribution >= 4 is 23.7 Å². The maximum absolute atomic E-state index is 14.0. The Hall–Kier alpha value is -2.26. The Morgan fingerprint density at radius 3 is 2.03 bits per heavy atom. The van der Waals surface area contributed by atoms with Gasteiger partial charge < -0.3 is 24.4 Å². The molecule has 4 aliphatic rings. The average molecular weight is 493 g/mol. The number of ether oxygens (including phenoxy) is 3. The van der Waals surface area contributed by atoms with E-state index in [0.717, 1.165) is 0 Å². The van der Waals surface area contributed by atoms with Gasteiger partial charge in [-0.1, -0.05) is 27.4 Å². The molecule has 2 bridgehead atoms. The second kappa shape index (κ2) is 8.13. The highest BCUT2D eigenvalue weighted by Gasteiger charge is 2.79. The number of carbonyl (C=O) groups excluding carboxylic acids is 4. The molecule has 4 aliphatic carbocycles. The normalized spacial score (nSPS) is 45.7. The lowest BCUT2D eigenvalue weighted by Gasteiger charge is -2.69. The fourth-order valence-electron chi connectivity index (χ4n) is 8.44. The zero-order valence-electron chi connectivity index (χ0n) is 21.2. The van der Waals surface area contributed by atoms with Crippen molar-refractivity contribution in [3.05, 3.63) is 12.2 Å². The van der Waals surface area contributed by atoms with Gasteiger partial charge in [-0.15, -0.1) is 0 Å². The molecule has 2 N–H and O–H groups in total. The molecule has 0 saturated heterocycles. The summed E-state index contributed by atoms with van der Waals surface area (Å²) in [4.78, 5) is 50.6. The van der Waals surface area contributed by atoms with E-state index >= 15 is 0 Å². The quantitative estimate of drug-likeness (QED) is 0.343. The van der Waals surface area contributed by atoms with Crippen LogP contribution in [0.3, 0.4) is 0 Å². The SMILES string of the molecule is C=C1C(=O)[C@]23CC1C[C@H](OC(C)=O)[C@H]2C1(C)C(OC(C)=O)C[C@H](O)C(C)(C)[C@H]1C(O)[C@@H]3OC(C)=O. The second-order valence-electron chi connectivity index (χ2n) is 11.7. The number of Topliss-reactive ketones (excluding diaryl/α,β-unsaturated/α-hetero) is 1. The summed E-state index contributed by atoms with van der Waals surface area (Å²) in [5.41, 5.74) is -3.07. The summed E-state index contributed by atoms with van der Waals surface area (Å²) in [5.74, 6) is -3.89. The van der Waals surface area contributed by atoms with Crippen molar-refractivity contribution < 1.29 is 43.6 Å². The molecule has 0 amide bonds. The monoisotopic (exact) mass is 492 g/mol. The highest BCUT2D eigenvalue weighted by molar-refractivity contribution is 6.04. The third-order valence-electron chi connectivity index (χ3n) is 9.44. The summed E-state index contributed by atoms with van der Waals surface area (Å²) >= 11 is 0. The van der Waals surface area contributed by atoms with Crippen molar-refractivity contribution in [1.82, 2.24) is 0 Å². The molecular formula is C26H36O9. The number of hydrogen-bond donors (Lipinski definition) is 2. The van der Waals surface area contributed by atoms with Gasteiger partial charge in [-0.25, -0.2) is 0 Å². The molecule has 9 heteroatoms. The number of allylic oxidation sites excluding steroid dienone is 1. The maximum Gasteiger partial charge on any atom is 0.303 e. The van der Waals surface area contributed by atoms with Crippen LogP contribution >= 0.6 is 0 Å². The van der Waals surface area contributed by atoms with E-state index in [4.69, 9.17) is 14.2 Å². The first-order valence-electron chi connectivity index (χ1n) is 12.2. The minimum absolute atomic E-state index is 0.0858. The van der Waals surface area contributed by atoms with E-state index in [9.17, 15) is 29.4 Å². The first-order valence-corrected chi connectivity index (χ1v) is 12.2. The van der Waals surface area contributed by atoms with Crippen LogP contribution in [0, 0.1) is 34.0 Å². The van der Waals surface area contributed by atoms with Crippen LogP contribution in [0.2, 0.25) is 0 Å². The minimum atomic E-state index is -1.41. The molecule has 0 heterocycles. The van der Waals surface area contributed by atoms with E-state index in [0.29, 0.717) is 12.0 Å². The Balaban J connectivity index is 2.03. The minimum Gasteiger partial charge on any atom is -0.462 e. The molecule has 4 saturated carbocycles. The first kappa shape index (κ1) is 25.8. The van der Waals surface area contributed by atoms with Gasteiger partial charge in [0.25, 0.3) is 0 Å². The molecule has 4 rings (SSSR count). The average Bonchev–Trinajstić information content (AvgIpc) is 2.90. The number of fused-ring (bicyclic) bond motifs is 3. The molecular weight excluding hydrogens is 456 g/mol. The number of esters is 3. The van der Waals surface area contributed by atoms with Gasteiger partial charge in [-0.3, -0.25) is 19.2 Å². The molecule has 0 aliphatic heterocycles. The summed E-state index contributed by atoms with van der Waals surface area (Å²) in [7, 11) is 0. The number of aliphatic hydroxyl groups is 2. The van der Waals surface area contributed by atoms with Crippen LogP contribution in [-0.2, 0) is 33.4 Å². The van der Waals surface area contributed by atoms with Gasteiger partial charge in [0.15, 0.2) is 5.78 Å². The molecule has 0 aromatic rings. The molecule has 4 unspecified atom stereocenters. The molecule has 194 valence electrons. The first-order chi connectivity index (χ1) is 16.1. The summed E-state index contributed by atoms with van der Waals surface area (Å²) < 4.78 is 17.3. The van der Waals surface area contributed by atoms with Gasteiger partial charge in [0.2, 0.25) is 0 Å².